The third kappa shape index (κ3) is 5.43. The fourth-order valence-electron chi connectivity index (χ4n) is 1.23. The molecular weight excluding hydrogens is 292 g/mol. The molecule has 2 amide bonds. The average Bonchev–Trinajstić information content (AvgIpc) is 2.49. The lowest BCUT2D eigenvalue weighted by molar-refractivity contribution is 0.247. The number of carbonyl (C=O) groups is 1. The van der Waals surface area contributed by atoms with E-state index in [1.165, 1.54) is 11.9 Å². The van der Waals surface area contributed by atoms with Gasteiger partial charge in [0, 0.05) is 21.7 Å². The highest BCUT2D eigenvalue weighted by molar-refractivity contribution is 7.98. The van der Waals surface area contributed by atoms with Gasteiger partial charge in [-0.15, -0.1) is 4.52 Å². The Kier molecular flexibility index (Phi) is 6.09. The van der Waals surface area contributed by atoms with Gasteiger partial charge in [-0.3, -0.25) is 5.43 Å². The lowest BCUT2D eigenvalue weighted by Crippen LogP contribution is -2.29. The van der Waals surface area contributed by atoms with Crippen molar-refractivity contribution < 1.29 is 4.79 Å². The van der Waals surface area contributed by atoms with Gasteiger partial charge in [-0.25, -0.2) is 4.79 Å². The van der Waals surface area contributed by atoms with Crippen LogP contribution in [0.3, 0.4) is 0 Å². The van der Waals surface area contributed by atoms with Crippen LogP contribution in [0.15, 0.2) is 80.1 Å². The second-order valence-electron chi connectivity index (χ2n) is 3.53. The van der Waals surface area contributed by atoms with E-state index in [1.807, 2.05) is 60.7 Å². The second kappa shape index (κ2) is 8.36. The smallest absolute Gasteiger partial charge is 0.260 e. The van der Waals surface area contributed by atoms with Gasteiger partial charge in [0.15, 0.2) is 0 Å². The molecule has 0 aliphatic heterocycles. The first-order chi connectivity index (χ1) is 9.84. The van der Waals surface area contributed by atoms with Gasteiger partial charge >= 0.3 is 6.03 Å². The number of benzene rings is 2. The van der Waals surface area contributed by atoms with E-state index >= 15 is 0 Å². The number of nitrogens with zero attached hydrogens (tertiary/aromatic N) is 2. The summed E-state index contributed by atoms with van der Waals surface area (Å²) in [6.45, 7) is 0. The molecule has 5 nitrogen and oxygen atoms in total. The number of amides is 2. The Morgan fingerprint density at radius 1 is 0.900 bits per heavy atom. The van der Waals surface area contributed by atoms with Gasteiger partial charge in [-0.2, -0.15) is 4.83 Å². The number of hydrogen-bond acceptors (Lipinski definition) is 5. The van der Waals surface area contributed by atoms with Gasteiger partial charge in [0.1, 0.15) is 0 Å². The summed E-state index contributed by atoms with van der Waals surface area (Å²) in [5, 5.41) is 3.51. The topological polar surface area (TPSA) is 65.8 Å². The van der Waals surface area contributed by atoms with Crippen molar-refractivity contribution in [3.05, 3.63) is 60.7 Å². The van der Waals surface area contributed by atoms with Gasteiger partial charge in [-0.05, 0) is 36.2 Å². The van der Waals surface area contributed by atoms with Crippen LogP contribution in [0.5, 0.6) is 0 Å². The van der Waals surface area contributed by atoms with Crippen molar-refractivity contribution in [2.75, 3.05) is 0 Å². The Morgan fingerprint density at radius 2 is 1.50 bits per heavy atom. The van der Waals surface area contributed by atoms with Gasteiger partial charge in [0.2, 0.25) is 0 Å². The molecule has 0 aromatic heterocycles. The standard InChI is InChI=1S/C13H12N4OS2/c18-13(14-16-19-11-7-3-1-4-8-11)15-17-20-12-9-5-2-6-10-12/h1-10,16H,(H,14,18). The third-order valence-electron chi connectivity index (χ3n) is 2.09. The summed E-state index contributed by atoms with van der Waals surface area (Å²) in [5.74, 6) is 0. The van der Waals surface area contributed by atoms with Crippen molar-refractivity contribution in [2.24, 2.45) is 9.63 Å². The van der Waals surface area contributed by atoms with Crippen LogP contribution in [0, 0.1) is 0 Å². The quantitative estimate of drug-likeness (QED) is 0.496. The largest absolute Gasteiger partial charge is 0.375 e. The van der Waals surface area contributed by atoms with E-state index in [2.05, 4.69) is 19.9 Å². The molecule has 0 heterocycles. The molecule has 0 saturated heterocycles. The molecule has 2 aromatic rings. The van der Waals surface area contributed by atoms with E-state index < -0.39 is 6.03 Å². The number of rotatable bonds is 5. The van der Waals surface area contributed by atoms with Crippen molar-refractivity contribution >= 4 is 29.9 Å². The van der Waals surface area contributed by atoms with E-state index in [0.29, 0.717) is 0 Å². The van der Waals surface area contributed by atoms with Crippen LogP contribution >= 0.6 is 23.9 Å². The minimum absolute atomic E-state index is 0.545. The molecule has 0 unspecified atom stereocenters. The Balaban J connectivity index is 1.68. The van der Waals surface area contributed by atoms with Crippen molar-refractivity contribution in [1.29, 1.82) is 0 Å². The maximum Gasteiger partial charge on any atom is 0.375 e. The summed E-state index contributed by atoms with van der Waals surface area (Å²) in [5.41, 5.74) is 2.42. The van der Waals surface area contributed by atoms with Crippen molar-refractivity contribution in [3.8, 4) is 0 Å². The summed E-state index contributed by atoms with van der Waals surface area (Å²) in [6.07, 6.45) is 0. The first kappa shape index (κ1) is 14.6. The highest BCUT2D eigenvalue weighted by Crippen LogP contribution is 2.18. The molecule has 7 heteroatoms. The van der Waals surface area contributed by atoms with Gasteiger partial charge < -0.3 is 0 Å². The van der Waals surface area contributed by atoms with Crippen molar-refractivity contribution in [1.82, 2.24) is 10.3 Å². The summed E-state index contributed by atoms with van der Waals surface area (Å²) < 4.78 is 3.75. The molecule has 102 valence electrons. The summed E-state index contributed by atoms with van der Waals surface area (Å²) >= 11 is 2.43. The molecule has 0 aliphatic rings. The second-order valence-corrected chi connectivity index (χ2v) is 5.23. The van der Waals surface area contributed by atoms with E-state index in [9.17, 15) is 4.79 Å². The molecule has 20 heavy (non-hydrogen) atoms. The Morgan fingerprint density at radius 3 is 2.15 bits per heavy atom. The maximum absolute atomic E-state index is 11.4. The monoisotopic (exact) mass is 304 g/mol. The molecule has 0 atom stereocenters. The third-order valence-corrected chi connectivity index (χ3v) is 3.45. The Bertz CT molecular complexity index is 563. The predicted molar refractivity (Wildman–Crippen MR) is 81.1 cm³/mol. The number of nitrogens with one attached hydrogen (secondary N) is 2. The van der Waals surface area contributed by atoms with Crippen LogP contribution in [0.4, 0.5) is 4.79 Å². The average molecular weight is 304 g/mol. The molecular formula is C13H12N4OS2. The molecule has 0 saturated carbocycles. The minimum Gasteiger partial charge on any atom is -0.260 e. The molecule has 0 radical (unpaired) electrons. The Hall–Kier alpha value is -1.83. The zero-order valence-electron chi connectivity index (χ0n) is 10.4. The summed E-state index contributed by atoms with van der Waals surface area (Å²) in [6, 6.07) is 18.6. The SMILES string of the molecule is O=C(N=NSc1ccccc1)NNSc1ccccc1. The highest BCUT2D eigenvalue weighted by atomic mass is 32.2. The van der Waals surface area contributed by atoms with E-state index in [1.54, 1.807) is 0 Å². The van der Waals surface area contributed by atoms with E-state index in [4.69, 9.17) is 0 Å². The van der Waals surface area contributed by atoms with Gasteiger partial charge in [0.25, 0.3) is 0 Å². The number of hydrazine groups is 1. The van der Waals surface area contributed by atoms with Crippen LogP contribution in [0.1, 0.15) is 0 Å². The number of hydrogen-bond donors (Lipinski definition) is 2. The molecule has 0 aliphatic carbocycles. The molecule has 0 spiro atoms. The summed E-state index contributed by atoms with van der Waals surface area (Å²) in [4.78, 5) is 16.0. The Labute approximate surface area is 125 Å². The molecule has 0 bridgehead atoms. The van der Waals surface area contributed by atoms with Crippen LogP contribution in [-0.2, 0) is 0 Å². The van der Waals surface area contributed by atoms with Crippen LogP contribution < -0.4 is 10.3 Å². The van der Waals surface area contributed by atoms with Crippen molar-refractivity contribution in [3.63, 3.8) is 0 Å². The normalized spacial score (nSPS) is 10.6. The maximum atomic E-state index is 11.4. The zero-order chi connectivity index (χ0) is 14.0. The van der Waals surface area contributed by atoms with E-state index in [-0.39, 0.29) is 0 Å². The molecule has 2 N–H and O–H groups in total. The molecule has 0 fully saturated rings. The van der Waals surface area contributed by atoms with Crippen molar-refractivity contribution in [2.45, 2.75) is 9.79 Å². The number of urea groups is 1. The first-order valence-electron chi connectivity index (χ1n) is 5.74. The van der Waals surface area contributed by atoms with Crippen LogP contribution in [0.25, 0.3) is 0 Å². The zero-order valence-corrected chi connectivity index (χ0v) is 12.0. The molecule has 2 rings (SSSR count). The fourth-order valence-corrected chi connectivity index (χ4v) is 2.27. The lowest BCUT2D eigenvalue weighted by atomic mass is 10.4. The number of carbonyl (C=O) groups excluding carboxylic acids is 1. The fraction of sp³-hybridized carbons (Fsp3) is 0. The molecule has 2 aromatic carbocycles. The predicted octanol–water partition coefficient (Wildman–Crippen LogP) is 4.07. The van der Waals surface area contributed by atoms with Gasteiger partial charge in [0.05, 0.1) is 0 Å². The first-order valence-corrected chi connectivity index (χ1v) is 7.33. The van der Waals surface area contributed by atoms with Crippen LogP contribution in [-0.4, -0.2) is 6.03 Å². The highest BCUT2D eigenvalue weighted by Gasteiger charge is 1.98. The lowest BCUT2D eigenvalue weighted by Gasteiger charge is -2.02. The van der Waals surface area contributed by atoms with Gasteiger partial charge in [-0.1, -0.05) is 41.5 Å². The summed E-state index contributed by atoms with van der Waals surface area (Å²) in [7, 11) is 0. The van der Waals surface area contributed by atoms with E-state index in [0.717, 1.165) is 21.7 Å². The minimum atomic E-state index is -0.545. The van der Waals surface area contributed by atoms with Crippen LogP contribution in [0.2, 0.25) is 0 Å².